The highest BCUT2D eigenvalue weighted by molar-refractivity contribution is 7.16. The summed E-state index contributed by atoms with van der Waals surface area (Å²) in [5.74, 6) is -0.191. The van der Waals surface area contributed by atoms with Gasteiger partial charge in [-0.25, -0.2) is 0 Å². The molecule has 1 N–H and O–H groups in total. The minimum Gasteiger partial charge on any atom is -0.376 e. The number of fused-ring (bicyclic) bond motifs is 1. The van der Waals surface area contributed by atoms with Gasteiger partial charge in [0.05, 0.1) is 18.3 Å². The van der Waals surface area contributed by atoms with Gasteiger partial charge in [-0.05, 0) is 57.4 Å². The molecular formula is C19H26N2O3S. The van der Waals surface area contributed by atoms with Gasteiger partial charge < -0.3 is 14.8 Å². The predicted octanol–water partition coefficient (Wildman–Crippen LogP) is 3.80. The third-order valence-electron chi connectivity index (χ3n) is 4.95. The fraction of sp³-hybridized carbons (Fsp3) is 0.684. The lowest BCUT2D eigenvalue weighted by Crippen LogP contribution is -2.32. The molecule has 25 heavy (non-hydrogen) atoms. The highest BCUT2D eigenvalue weighted by Gasteiger charge is 2.24. The molecule has 0 bridgehead atoms. The van der Waals surface area contributed by atoms with E-state index in [1.165, 1.54) is 11.3 Å². The SMILES string of the molecule is CC(OCC1CCCCO1)C(=O)Nc1sc2c(c1C#N)CCCCC2. The maximum absolute atomic E-state index is 12.5. The molecule has 0 saturated carbocycles. The molecule has 0 spiro atoms. The quantitative estimate of drug-likeness (QED) is 0.809. The maximum Gasteiger partial charge on any atom is 0.253 e. The Morgan fingerprint density at radius 2 is 2.20 bits per heavy atom. The van der Waals surface area contributed by atoms with Crippen LogP contribution in [0.5, 0.6) is 0 Å². The molecule has 1 amide bonds. The lowest BCUT2D eigenvalue weighted by atomic mass is 10.1. The van der Waals surface area contributed by atoms with Crippen molar-refractivity contribution in [3.8, 4) is 6.07 Å². The average Bonchev–Trinajstić information content (AvgIpc) is 2.79. The Kier molecular flexibility index (Phi) is 6.46. The number of anilines is 1. The largest absolute Gasteiger partial charge is 0.376 e. The van der Waals surface area contributed by atoms with E-state index >= 15 is 0 Å². The Labute approximate surface area is 153 Å². The molecule has 0 aromatic carbocycles. The third kappa shape index (κ3) is 4.60. The normalized spacial score (nSPS) is 21.7. The van der Waals surface area contributed by atoms with Gasteiger partial charge >= 0.3 is 0 Å². The lowest BCUT2D eigenvalue weighted by molar-refractivity contribution is -0.130. The predicted molar refractivity (Wildman–Crippen MR) is 97.9 cm³/mol. The van der Waals surface area contributed by atoms with Crippen molar-refractivity contribution in [1.82, 2.24) is 0 Å². The molecular weight excluding hydrogens is 336 g/mol. The second kappa shape index (κ2) is 8.79. The summed E-state index contributed by atoms with van der Waals surface area (Å²) < 4.78 is 11.3. The molecule has 1 fully saturated rings. The number of nitrogens with one attached hydrogen (secondary N) is 1. The molecule has 6 heteroatoms. The molecule has 2 aliphatic rings. The van der Waals surface area contributed by atoms with Gasteiger partial charge in [0, 0.05) is 11.5 Å². The summed E-state index contributed by atoms with van der Waals surface area (Å²) >= 11 is 1.56. The van der Waals surface area contributed by atoms with Crippen LogP contribution in [0.3, 0.4) is 0 Å². The van der Waals surface area contributed by atoms with Gasteiger partial charge in [-0.2, -0.15) is 5.26 Å². The standard InChI is InChI=1S/C19H26N2O3S/c1-13(24-12-14-7-5-6-10-23-14)18(22)21-19-16(11-20)15-8-3-2-4-9-17(15)25-19/h13-14H,2-10,12H2,1H3,(H,21,22). The molecule has 1 aliphatic heterocycles. The molecule has 3 rings (SSSR count). The summed E-state index contributed by atoms with van der Waals surface area (Å²) in [6.45, 7) is 2.98. The van der Waals surface area contributed by atoms with E-state index in [-0.39, 0.29) is 12.0 Å². The van der Waals surface area contributed by atoms with Crippen LogP contribution in [0.1, 0.15) is 61.5 Å². The van der Waals surface area contributed by atoms with E-state index in [9.17, 15) is 10.1 Å². The number of amides is 1. The number of thiophene rings is 1. The number of hydrogen-bond donors (Lipinski definition) is 1. The maximum atomic E-state index is 12.5. The number of nitrogens with zero attached hydrogens (tertiary/aromatic N) is 1. The van der Waals surface area contributed by atoms with Crippen LogP contribution in [0, 0.1) is 11.3 Å². The van der Waals surface area contributed by atoms with Crippen molar-refractivity contribution < 1.29 is 14.3 Å². The molecule has 1 aromatic heterocycles. The van der Waals surface area contributed by atoms with Crippen LogP contribution in [0.2, 0.25) is 0 Å². The van der Waals surface area contributed by atoms with Gasteiger partial charge in [-0.15, -0.1) is 11.3 Å². The second-order valence-electron chi connectivity index (χ2n) is 6.83. The van der Waals surface area contributed by atoms with Crippen LogP contribution in [0.25, 0.3) is 0 Å². The first kappa shape index (κ1) is 18.4. The molecule has 2 unspecified atom stereocenters. The Bertz CT molecular complexity index is 644. The molecule has 1 aromatic rings. The van der Waals surface area contributed by atoms with E-state index in [4.69, 9.17) is 9.47 Å². The number of ether oxygens (including phenoxy) is 2. The zero-order valence-corrected chi connectivity index (χ0v) is 15.6. The Hall–Kier alpha value is -1.42. The number of aryl methyl sites for hydroxylation is 1. The molecule has 2 heterocycles. The van der Waals surface area contributed by atoms with Gasteiger partial charge in [0.15, 0.2) is 0 Å². The summed E-state index contributed by atoms with van der Waals surface area (Å²) in [6.07, 6.45) is 8.22. The van der Waals surface area contributed by atoms with E-state index in [0.29, 0.717) is 17.2 Å². The molecule has 1 aliphatic carbocycles. The average molecular weight is 362 g/mol. The summed E-state index contributed by atoms with van der Waals surface area (Å²) in [5.41, 5.74) is 1.79. The summed E-state index contributed by atoms with van der Waals surface area (Å²) in [7, 11) is 0. The topological polar surface area (TPSA) is 71.3 Å². The lowest BCUT2D eigenvalue weighted by Gasteiger charge is -2.23. The van der Waals surface area contributed by atoms with Crippen LogP contribution < -0.4 is 5.32 Å². The van der Waals surface area contributed by atoms with Gasteiger partial charge in [-0.1, -0.05) is 6.42 Å². The fourth-order valence-corrected chi connectivity index (χ4v) is 4.67. The highest BCUT2D eigenvalue weighted by atomic mass is 32.1. The van der Waals surface area contributed by atoms with Gasteiger partial charge in [0.1, 0.15) is 17.2 Å². The molecule has 0 radical (unpaired) electrons. The van der Waals surface area contributed by atoms with E-state index < -0.39 is 6.10 Å². The minimum absolute atomic E-state index is 0.0940. The number of hydrogen-bond acceptors (Lipinski definition) is 5. The van der Waals surface area contributed by atoms with Crippen molar-refractivity contribution in [3.63, 3.8) is 0 Å². The number of carbonyl (C=O) groups excluding carboxylic acids is 1. The van der Waals surface area contributed by atoms with Crippen molar-refractivity contribution in [2.45, 2.75) is 70.5 Å². The Morgan fingerprint density at radius 3 is 2.96 bits per heavy atom. The first-order chi connectivity index (χ1) is 12.2. The Morgan fingerprint density at radius 1 is 1.36 bits per heavy atom. The van der Waals surface area contributed by atoms with E-state index in [2.05, 4.69) is 11.4 Å². The van der Waals surface area contributed by atoms with Crippen molar-refractivity contribution in [1.29, 1.82) is 5.26 Å². The van der Waals surface area contributed by atoms with Crippen molar-refractivity contribution in [2.75, 3.05) is 18.5 Å². The monoisotopic (exact) mass is 362 g/mol. The number of rotatable bonds is 5. The third-order valence-corrected chi connectivity index (χ3v) is 6.15. The van der Waals surface area contributed by atoms with Gasteiger partial charge in [0.2, 0.25) is 0 Å². The fourth-order valence-electron chi connectivity index (χ4n) is 3.43. The zero-order chi connectivity index (χ0) is 17.6. The second-order valence-corrected chi connectivity index (χ2v) is 7.94. The van der Waals surface area contributed by atoms with Crippen LogP contribution in [-0.2, 0) is 27.1 Å². The molecule has 2 atom stereocenters. The van der Waals surface area contributed by atoms with Crippen molar-refractivity contribution in [3.05, 3.63) is 16.0 Å². The van der Waals surface area contributed by atoms with E-state index in [1.54, 1.807) is 18.3 Å². The van der Waals surface area contributed by atoms with E-state index in [0.717, 1.165) is 57.1 Å². The summed E-state index contributed by atoms with van der Waals surface area (Å²) in [6, 6.07) is 2.29. The smallest absolute Gasteiger partial charge is 0.253 e. The van der Waals surface area contributed by atoms with Gasteiger partial charge in [0.25, 0.3) is 5.91 Å². The summed E-state index contributed by atoms with van der Waals surface area (Å²) in [4.78, 5) is 13.7. The summed E-state index contributed by atoms with van der Waals surface area (Å²) in [5, 5.41) is 13.1. The minimum atomic E-state index is -0.557. The number of carbonyl (C=O) groups is 1. The molecule has 1 saturated heterocycles. The van der Waals surface area contributed by atoms with Gasteiger partial charge in [-0.3, -0.25) is 4.79 Å². The number of nitriles is 1. The Balaban J connectivity index is 1.59. The van der Waals surface area contributed by atoms with Crippen LogP contribution in [-0.4, -0.2) is 31.3 Å². The first-order valence-electron chi connectivity index (χ1n) is 9.27. The molecule has 136 valence electrons. The highest BCUT2D eigenvalue weighted by Crippen LogP contribution is 2.37. The van der Waals surface area contributed by atoms with Crippen molar-refractivity contribution in [2.24, 2.45) is 0 Å². The van der Waals surface area contributed by atoms with Crippen LogP contribution >= 0.6 is 11.3 Å². The van der Waals surface area contributed by atoms with Crippen molar-refractivity contribution >= 4 is 22.2 Å². The van der Waals surface area contributed by atoms with Crippen LogP contribution in [0.15, 0.2) is 0 Å². The first-order valence-corrected chi connectivity index (χ1v) is 10.1. The van der Waals surface area contributed by atoms with E-state index in [1.807, 2.05) is 0 Å². The molecule has 5 nitrogen and oxygen atoms in total. The van der Waals surface area contributed by atoms with Crippen LogP contribution in [0.4, 0.5) is 5.00 Å². The zero-order valence-electron chi connectivity index (χ0n) is 14.8.